The van der Waals surface area contributed by atoms with Crippen molar-refractivity contribution < 1.29 is 0 Å². The van der Waals surface area contributed by atoms with Gasteiger partial charge in [0.25, 0.3) is 0 Å². The fourth-order valence-electron chi connectivity index (χ4n) is 0.186. The van der Waals surface area contributed by atoms with Crippen LogP contribution in [0.1, 0.15) is 0 Å². The molecule has 3 heteroatoms. The molecule has 2 nitrogen and oxygen atoms in total. The number of aromatic amines is 1. The second kappa shape index (κ2) is 1.52. The average Bonchev–Trinajstić information content (AvgIpc) is 1.76. The summed E-state index contributed by atoms with van der Waals surface area (Å²) in [6.45, 7) is 0. The summed E-state index contributed by atoms with van der Waals surface area (Å²) in [5, 5.41) is 0. The average molecular weight is 334 g/mol. The van der Waals surface area contributed by atoms with Gasteiger partial charge in [-0.15, -0.1) is 6.20 Å². The van der Waals surface area contributed by atoms with Crippen LogP contribution in [-0.4, -0.2) is 9.97 Å². The first-order valence-corrected chi connectivity index (χ1v) is 1.35. The molecule has 0 saturated heterocycles. The smallest absolute Gasteiger partial charge is 0 e. The van der Waals surface area contributed by atoms with Gasteiger partial charge in [-0.1, -0.05) is 12.5 Å². The van der Waals surface area contributed by atoms with Crippen molar-refractivity contribution in [3.05, 3.63) is 18.7 Å². The maximum atomic E-state index is 3.54. The molecule has 0 aromatic carbocycles. The minimum absolute atomic E-state index is 0. The van der Waals surface area contributed by atoms with Crippen LogP contribution in [0.5, 0.6) is 0 Å². The predicted octanol–water partition coefficient (Wildman–Crippen LogP) is 0.210. The second-order valence-electron chi connectivity index (χ2n) is 0.698. The third-order valence-corrected chi connectivity index (χ3v) is 0.362. The summed E-state index contributed by atoms with van der Waals surface area (Å²) in [4.78, 5) is 6.24. The van der Waals surface area contributed by atoms with Crippen LogP contribution in [0, 0.1) is 6.20 Å². The van der Waals surface area contributed by atoms with E-state index in [0.29, 0.717) is 0 Å². The van der Waals surface area contributed by atoms with Crippen molar-refractivity contribution in [2.45, 2.75) is 0 Å². The van der Waals surface area contributed by atoms with E-state index in [-0.39, 0.29) is 0 Å². The number of nitrogens with one attached hydrogen (secondary N) is 1. The van der Waals surface area contributed by atoms with Crippen molar-refractivity contribution in [1.29, 1.82) is 0 Å². The molecule has 0 fully saturated rings. The van der Waals surface area contributed by atoms with Crippen molar-refractivity contribution in [2.75, 3.05) is 0 Å². The molecule has 0 spiro atoms. The zero-order valence-electron chi connectivity index (χ0n) is 3.31. The van der Waals surface area contributed by atoms with Gasteiger partial charge in [-0.25, -0.2) is 0 Å². The maximum absolute atomic E-state index is 3.54. The van der Waals surface area contributed by atoms with Gasteiger partial charge in [-0.3, -0.25) is 0 Å². The summed E-state index contributed by atoms with van der Waals surface area (Å²) in [7, 11) is 0. The van der Waals surface area contributed by atoms with E-state index in [9.17, 15) is 0 Å². The van der Waals surface area contributed by atoms with Crippen LogP contribution in [0.15, 0.2) is 12.5 Å². The largest absolute Gasteiger partial charge is 0.444 e. The van der Waals surface area contributed by atoms with Gasteiger partial charge in [0.1, 0.15) is 0 Å². The van der Waals surface area contributed by atoms with Crippen LogP contribution in [0.4, 0.5) is 0 Å². The van der Waals surface area contributed by atoms with Gasteiger partial charge in [0.05, 0.1) is 0 Å². The summed E-state index contributed by atoms with van der Waals surface area (Å²) in [5.41, 5.74) is 0. The number of hydrogen-bond acceptors (Lipinski definition) is 1. The molecule has 0 amide bonds. The van der Waals surface area contributed by atoms with Gasteiger partial charge in [0, 0.05) is 0 Å². The van der Waals surface area contributed by atoms with Gasteiger partial charge >= 0.3 is 0 Å². The first-order valence-electron chi connectivity index (χ1n) is 1.35. The van der Waals surface area contributed by atoms with Crippen molar-refractivity contribution in [2.24, 2.45) is 0 Å². The van der Waals surface area contributed by atoms with Crippen molar-refractivity contribution in [1.82, 2.24) is 9.97 Å². The van der Waals surface area contributed by atoms with Crippen molar-refractivity contribution in [3.8, 4) is 0 Å². The summed E-state index contributed by atoms with van der Waals surface area (Å²) in [5.74, 6) is 0. The van der Waals surface area contributed by atoms with Crippen LogP contribution in [0.3, 0.4) is 0 Å². The van der Waals surface area contributed by atoms with Crippen LogP contribution >= 0.6 is 0 Å². The number of nitrogens with zero attached hydrogens (tertiary/aromatic N) is 1. The van der Waals surface area contributed by atoms with Crippen molar-refractivity contribution in [3.63, 3.8) is 0 Å². The monoisotopic (exact) mass is 334 g/mol. The Balaban J connectivity index is 0.000000250. The molecule has 28 valence electrons. The molecule has 1 aromatic rings. The molecule has 0 unspecified atom stereocenters. The van der Waals surface area contributed by atoms with E-state index in [1.165, 1.54) is 0 Å². The number of hydrogen-bond donors (Lipinski definition) is 1. The first-order chi connectivity index (χ1) is 2.50. The number of rotatable bonds is 0. The van der Waals surface area contributed by atoms with Gasteiger partial charge in [0.15, 0.2) is 0 Å². The van der Waals surface area contributed by atoms with Gasteiger partial charge < -0.3 is 9.97 Å². The fourth-order valence-corrected chi connectivity index (χ4v) is 0.186. The molecule has 0 radical (unpaired) electrons. The molecular formula is C3H3N2Rf-. The molecule has 0 saturated carbocycles. The van der Waals surface area contributed by atoms with Crippen LogP contribution in [0.25, 0.3) is 0 Å². The Kier molecular flexibility index (Phi) is 1.07. The normalized spacial score (nSPS) is 6.67. The topological polar surface area (TPSA) is 28.7 Å². The maximum Gasteiger partial charge on any atom is 0 e. The number of aromatic nitrogens is 2. The fraction of sp³-hybridized carbons (Fsp3) is 0. The molecular weight excluding hydrogens is 331 g/mol. The minimum atomic E-state index is 0. The van der Waals surface area contributed by atoms with E-state index in [4.69, 9.17) is 0 Å². The molecule has 0 bridgehead atoms. The quantitative estimate of drug-likeness (QED) is 0.676. The third-order valence-electron chi connectivity index (χ3n) is 0.362. The van der Waals surface area contributed by atoms with E-state index < -0.39 is 0 Å². The molecule has 1 N–H and O–H groups in total. The second-order valence-corrected chi connectivity index (χ2v) is 0.698. The zero-order valence-corrected chi connectivity index (χ0v) is 9.71. The third kappa shape index (κ3) is 0.314. The van der Waals surface area contributed by atoms with Gasteiger partial charge in [-0.05, 0) is 0 Å². The number of H-pyrrole nitrogens is 1. The Bertz CT molecular complexity index is 65.3. The molecule has 0 aliphatic heterocycles. The molecule has 6 heavy (non-hydrogen) atoms. The Morgan fingerprint density at radius 1 is 1.67 bits per heavy atom. The van der Waals surface area contributed by atoms with Crippen LogP contribution in [0.2, 0.25) is 0 Å². The van der Waals surface area contributed by atoms with E-state index in [0.717, 1.165) is 0 Å². The SMILES string of the molecule is [Rf].[c-]1c[nH]cn1. The minimum Gasteiger partial charge on any atom is -0.444 e. The predicted molar refractivity (Wildman–Crippen MR) is 17.4 cm³/mol. The molecule has 1 rings (SSSR count). The zero-order chi connectivity index (χ0) is 3.54. The van der Waals surface area contributed by atoms with E-state index in [1.54, 1.807) is 12.5 Å². The summed E-state index contributed by atoms with van der Waals surface area (Å²) in [6, 6.07) is 0. The molecule has 1 aromatic heterocycles. The van der Waals surface area contributed by atoms with E-state index >= 15 is 0 Å². The van der Waals surface area contributed by atoms with Crippen LogP contribution in [-0.2, 0) is 0 Å². The van der Waals surface area contributed by atoms with E-state index in [2.05, 4.69) is 16.2 Å². The number of imidazole rings is 1. The standard InChI is InChI=1S/C3H3N2.Rf/c1-2-5-3-4-1;/h1,3H,(H,4,5);/q-1;. The summed E-state index contributed by atoms with van der Waals surface area (Å²) < 4.78 is 0. The molecule has 0 aliphatic carbocycles. The Labute approximate surface area is 29.9 Å². The van der Waals surface area contributed by atoms with Crippen molar-refractivity contribution >= 4 is 0 Å². The Morgan fingerprint density at radius 2 is 2.50 bits per heavy atom. The van der Waals surface area contributed by atoms with E-state index in [1.807, 2.05) is 0 Å². The molecule has 1 heterocycles. The van der Waals surface area contributed by atoms with Gasteiger partial charge in [0.2, 0.25) is 0 Å². The molecule has 0 aliphatic rings. The Hall–Kier alpha value is -1.79. The van der Waals surface area contributed by atoms with Gasteiger partial charge in [-0.2, -0.15) is 0 Å². The first kappa shape index (κ1) is 4.21. The Morgan fingerprint density at radius 3 is 2.67 bits per heavy atom. The molecule has 0 atom stereocenters. The summed E-state index contributed by atoms with van der Waals surface area (Å²) >= 11 is 0. The summed E-state index contributed by atoms with van der Waals surface area (Å²) in [6.07, 6.45) is 5.76. The van der Waals surface area contributed by atoms with Crippen LogP contribution < -0.4 is 0 Å².